The zero-order valence-corrected chi connectivity index (χ0v) is 13.5. The van der Waals surface area contributed by atoms with Gasteiger partial charge in [-0.05, 0) is 6.42 Å². The van der Waals surface area contributed by atoms with Crippen LogP contribution in [0.2, 0.25) is 0 Å². The summed E-state index contributed by atoms with van der Waals surface area (Å²) >= 11 is 0. The molecule has 124 valence electrons. The Morgan fingerprint density at radius 2 is 1.05 bits per heavy atom. The summed E-state index contributed by atoms with van der Waals surface area (Å²) < 4.78 is 0. The minimum Gasteiger partial charge on any atom is -0.394 e. The van der Waals surface area contributed by atoms with E-state index in [1.165, 1.54) is 70.6 Å². The van der Waals surface area contributed by atoms with E-state index in [1.807, 2.05) is 0 Å². The topological polar surface area (TPSA) is 92.5 Å². The molecule has 0 aromatic rings. The molecule has 0 saturated carbocycles. The molecule has 0 amide bonds. The number of aliphatic hydroxyl groups is 2. The minimum absolute atomic E-state index is 0.0853. The third kappa shape index (κ3) is 20.2. The highest BCUT2D eigenvalue weighted by molar-refractivity contribution is 4.53. The van der Waals surface area contributed by atoms with E-state index in [9.17, 15) is 0 Å². The first kappa shape index (κ1) is 22.1. The number of hydrazine groups is 1. The van der Waals surface area contributed by atoms with Crippen molar-refractivity contribution in [3.8, 4) is 0 Å². The van der Waals surface area contributed by atoms with Crippen LogP contribution in [0.25, 0.3) is 0 Å². The van der Waals surface area contributed by atoms with Crippen LogP contribution in [0.3, 0.4) is 0 Å². The van der Waals surface area contributed by atoms with Gasteiger partial charge in [-0.25, -0.2) is 0 Å². The smallest absolute Gasteiger partial charge is 0.0770 e. The molecule has 0 saturated heterocycles. The molecule has 0 heterocycles. The van der Waals surface area contributed by atoms with Gasteiger partial charge in [0.15, 0.2) is 0 Å². The van der Waals surface area contributed by atoms with Crippen LogP contribution in [0.15, 0.2) is 0 Å². The highest BCUT2D eigenvalue weighted by Gasteiger charge is 2.00. The highest BCUT2D eigenvalue weighted by Crippen LogP contribution is 2.12. The summed E-state index contributed by atoms with van der Waals surface area (Å²) in [5.41, 5.74) is 0. The Morgan fingerprint density at radius 3 is 1.40 bits per heavy atom. The molecule has 0 aromatic heterocycles. The van der Waals surface area contributed by atoms with Gasteiger partial charge in [-0.15, -0.1) is 0 Å². The second-order valence-corrected chi connectivity index (χ2v) is 5.51. The SMILES string of the molecule is CCCCCCCCCCCCCCC(O)CO.NN. The van der Waals surface area contributed by atoms with E-state index in [4.69, 9.17) is 10.2 Å². The molecule has 6 N–H and O–H groups in total. The fraction of sp³-hybridized carbons (Fsp3) is 1.00. The van der Waals surface area contributed by atoms with Crippen molar-refractivity contribution < 1.29 is 10.2 Å². The monoisotopic (exact) mass is 290 g/mol. The van der Waals surface area contributed by atoms with Gasteiger partial charge in [-0.2, -0.15) is 0 Å². The molecule has 0 aliphatic rings. The van der Waals surface area contributed by atoms with E-state index < -0.39 is 6.10 Å². The van der Waals surface area contributed by atoms with E-state index in [2.05, 4.69) is 18.6 Å². The van der Waals surface area contributed by atoms with Gasteiger partial charge in [0.05, 0.1) is 12.7 Å². The van der Waals surface area contributed by atoms with Crippen LogP contribution < -0.4 is 11.7 Å². The van der Waals surface area contributed by atoms with Crippen molar-refractivity contribution in [1.29, 1.82) is 0 Å². The molecule has 0 bridgehead atoms. The standard InChI is InChI=1S/C16H34O2.H4N2/c1-2-3-4-5-6-7-8-9-10-11-12-13-14-16(18)15-17;1-2/h16-18H,2-15H2,1H3;1-2H2. The summed E-state index contributed by atoms with van der Waals surface area (Å²) in [5, 5.41) is 17.8. The molecule has 0 aromatic carbocycles. The molecular weight excluding hydrogens is 252 g/mol. The quantitative estimate of drug-likeness (QED) is 0.224. The van der Waals surface area contributed by atoms with Crippen molar-refractivity contribution in [1.82, 2.24) is 0 Å². The highest BCUT2D eigenvalue weighted by atomic mass is 16.3. The molecule has 0 spiro atoms. The number of rotatable bonds is 14. The molecule has 0 fully saturated rings. The molecule has 1 unspecified atom stereocenters. The lowest BCUT2D eigenvalue weighted by atomic mass is 10.0. The number of nitrogens with two attached hydrogens (primary N) is 2. The Balaban J connectivity index is 0. The fourth-order valence-electron chi connectivity index (χ4n) is 2.31. The van der Waals surface area contributed by atoms with Gasteiger partial charge in [0, 0.05) is 0 Å². The number of unbranched alkanes of at least 4 members (excludes halogenated alkanes) is 11. The maximum atomic E-state index is 9.17. The first-order valence-corrected chi connectivity index (χ1v) is 8.43. The van der Waals surface area contributed by atoms with Crippen LogP contribution in [-0.4, -0.2) is 22.9 Å². The Bertz CT molecular complexity index is 157. The van der Waals surface area contributed by atoms with Gasteiger partial charge in [0.1, 0.15) is 0 Å². The van der Waals surface area contributed by atoms with Gasteiger partial charge in [-0.3, -0.25) is 11.7 Å². The predicted molar refractivity (Wildman–Crippen MR) is 87.2 cm³/mol. The second kappa shape index (κ2) is 21.1. The van der Waals surface area contributed by atoms with Crippen molar-refractivity contribution >= 4 is 0 Å². The van der Waals surface area contributed by atoms with Crippen LogP contribution in [0.1, 0.15) is 90.4 Å². The van der Waals surface area contributed by atoms with Crippen molar-refractivity contribution in [2.24, 2.45) is 11.7 Å². The van der Waals surface area contributed by atoms with E-state index in [-0.39, 0.29) is 6.61 Å². The number of hydrogen-bond acceptors (Lipinski definition) is 4. The van der Waals surface area contributed by atoms with E-state index in [1.54, 1.807) is 0 Å². The van der Waals surface area contributed by atoms with Gasteiger partial charge in [0.25, 0.3) is 0 Å². The summed E-state index contributed by atoms with van der Waals surface area (Å²) in [6.07, 6.45) is 16.3. The lowest BCUT2D eigenvalue weighted by molar-refractivity contribution is 0.0860. The number of aliphatic hydroxyl groups excluding tert-OH is 2. The Kier molecular flexibility index (Phi) is 23.4. The van der Waals surface area contributed by atoms with Crippen molar-refractivity contribution in [3.05, 3.63) is 0 Å². The van der Waals surface area contributed by atoms with E-state index >= 15 is 0 Å². The van der Waals surface area contributed by atoms with Crippen molar-refractivity contribution in [3.63, 3.8) is 0 Å². The molecule has 0 aliphatic carbocycles. The van der Waals surface area contributed by atoms with E-state index in [0.717, 1.165) is 12.8 Å². The first-order valence-electron chi connectivity index (χ1n) is 8.43. The molecule has 0 radical (unpaired) electrons. The normalized spacial score (nSPS) is 11.8. The maximum Gasteiger partial charge on any atom is 0.0770 e. The third-order valence-corrected chi connectivity index (χ3v) is 3.60. The third-order valence-electron chi connectivity index (χ3n) is 3.60. The number of hydrogen-bond donors (Lipinski definition) is 4. The fourth-order valence-corrected chi connectivity index (χ4v) is 2.31. The predicted octanol–water partition coefficient (Wildman–Crippen LogP) is 3.25. The molecule has 0 aliphatic heterocycles. The second-order valence-electron chi connectivity index (χ2n) is 5.51. The summed E-state index contributed by atoms with van der Waals surface area (Å²) in [6, 6.07) is 0. The summed E-state index contributed by atoms with van der Waals surface area (Å²) in [6.45, 7) is 2.18. The Labute approximate surface area is 125 Å². The molecule has 0 rings (SSSR count). The summed E-state index contributed by atoms with van der Waals surface area (Å²) in [5.74, 6) is 8.00. The average molecular weight is 290 g/mol. The summed E-state index contributed by atoms with van der Waals surface area (Å²) in [7, 11) is 0. The van der Waals surface area contributed by atoms with Crippen LogP contribution in [0.5, 0.6) is 0 Å². The summed E-state index contributed by atoms with van der Waals surface area (Å²) in [4.78, 5) is 0. The Hall–Kier alpha value is -0.160. The van der Waals surface area contributed by atoms with Gasteiger partial charge < -0.3 is 10.2 Å². The average Bonchev–Trinajstić information content (AvgIpc) is 2.50. The largest absolute Gasteiger partial charge is 0.394 e. The molecule has 4 nitrogen and oxygen atoms in total. The maximum absolute atomic E-state index is 9.17. The zero-order valence-electron chi connectivity index (χ0n) is 13.5. The van der Waals surface area contributed by atoms with Crippen LogP contribution in [0.4, 0.5) is 0 Å². The van der Waals surface area contributed by atoms with Crippen LogP contribution in [-0.2, 0) is 0 Å². The van der Waals surface area contributed by atoms with Crippen LogP contribution >= 0.6 is 0 Å². The lowest BCUT2D eigenvalue weighted by Crippen LogP contribution is -2.10. The molecular formula is C16H38N2O2. The molecule has 4 heteroatoms. The van der Waals surface area contributed by atoms with Crippen molar-refractivity contribution in [2.45, 2.75) is 96.5 Å². The lowest BCUT2D eigenvalue weighted by Gasteiger charge is -2.06. The van der Waals surface area contributed by atoms with Crippen molar-refractivity contribution in [2.75, 3.05) is 6.61 Å². The molecule has 1 atom stereocenters. The van der Waals surface area contributed by atoms with Gasteiger partial charge in [-0.1, -0.05) is 84.0 Å². The van der Waals surface area contributed by atoms with Gasteiger partial charge in [0.2, 0.25) is 0 Å². The van der Waals surface area contributed by atoms with Gasteiger partial charge >= 0.3 is 0 Å². The van der Waals surface area contributed by atoms with E-state index in [0.29, 0.717) is 0 Å². The first-order chi connectivity index (χ1) is 9.81. The molecule has 20 heavy (non-hydrogen) atoms. The van der Waals surface area contributed by atoms with Crippen LogP contribution in [0, 0.1) is 0 Å². The Morgan fingerprint density at radius 1 is 0.700 bits per heavy atom. The zero-order chi connectivity index (χ0) is 15.5. The minimum atomic E-state index is -0.492.